The lowest BCUT2D eigenvalue weighted by Crippen LogP contribution is -2.36. The highest BCUT2D eigenvalue weighted by molar-refractivity contribution is 9.10. The van der Waals surface area contributed by atoms with Crippen molar-refractivity contribution >= 4 is 27.5 Å². The van der Waals surface area contributed by atoms with Gasteiger partial charge in [0.2, 0.25) is 5.91 Å². The number of anilines is 1. The smallest absolute Gasteiger partial charge is 0.239 e. The standard InChI is InChI=1S/C13H18BrN3O/c1-17(8-13(18)16-10-3-4-10)12-5-2-9(7-15)6-11(12)14/h2,5-6,10H,3-4,7-8,15H2,1H3,(H,16,18). The topological polar surface area (TPSA) is 58.4 Å². The number of rotatable bonds is 5. The molecule has 0 aromatic heterocycles. The summed E-state index contributed by atoms with van der Waals surface area (Å²) in [4.78, 5) is 13.7. The zero-order valence-electron chi connectivity index (χ0n) is 10.4. The molecule has 0 unspecified atom stereocenters. The van der Waals surface area contributed by atoms with Crippen molar-refractivity contribution in [2.45, 2.75) is 25.4 Å². The molecule has 4 nitrogen and oxygen atoms in total. The summed E-state index contributed by atoms with van der Waals surface area (Å²) in [6.45, 7) is 0.891. The predicted octanol–water partition coefficient (Wildman–Crippen LogP) is 1.62. The van der Waals surface area contributed by atoms with Gasteiger partial charge in [-0.25, -0.2) is 0 Å². The Morgan fingerprint density at radius 2 is 2.28 bits per heavy atom. The van der Waals surface area contributed by atoms with Gasteiger partial charge in [-0.3, -0.25) is 4.79 Å². The molecular formula is C13H18BrN3O. The van der Waals surface area contributed by atoms with E-state index in [2.05, 4.69) is 21.2 Å². The van der Waals surface area contributed by atoms with Crippen molar-refractivity contribution in [3.8, 4) is 0 Å². The van der Waals surface area contributed by atoms with Crippen LogP contribution in [0.2, 0.25) is 0 Å². The summed E-state index contributed by atoms with van der Waals surface area (Å²) in [5, 5.41) is 2.98. The number of carbonyl (C=O) groups is 1. The van der Waals surface area contributed by atoms with Gasteiger partial charge in [0.1, 0.15) is 0 Å². The molecule has 0 radical (unpaired) electrons. The summed E-state index contributed by atoms with van der Waals surface area (Å²) in [6.07, 6.45) is 2.23. The zero-order valence-corrected chi connectivity index (χ0v) is 12.0. The lowest BCUT2D eigenvalue weighted by Gasteiger charge is -2.20. The van der Waals surface area contributed by atoms with E-state index in [1.807, 2.05) is 30.1 Å². The highest BCUT2D eigenvalue weighted by atomic mass is 79.9. The number of hydrogen-bond acceptors (Lipinski definition) is 3. The molecule has 1 aliphatic rings. The van der Waals surface area contributed by atoms with Gasteiger partial charge in [-0.1, -0.05) is 6.07 Å². The Kier molecular flexibility index (Phi) is 4.24. The fraction of sp³-hybridized carbons (Fsp3) is 0.462. The van der Waals surface area contributed by atoms with Crippen molar-refractivity contribution in [1.82, 2.24) is 5.32 Å². The van der Waals surface area contributed by atoms with E-state index in [1.54, 1.807) is 0 Å². The van der Waals surface area contributed by atoms with Gasteiger partial charge in [-0.05, 0) is 46.5 Å². The number of halogens is 1. The number of amides is 1. The number of likely N-dealkylation sites (N-methyl/N-ethyl adjacent to an activating group) is 1. The number of nitrogens with one attached hydrogen (secondary N) is 1. The average molecular weight is 312 g/mol. The Balaban J connectivity index is 1.98. The van der Waals surface area contributed by atoms with Gasteiger partial charge in [-0.2, -0.15) is 0 Å². The fourth-order valence-corrected chi connectivity index (χ4v) is 2.52. The first-order chi connectivity index (χ1) is 8.60. The van der Waals surface area contributed by atoms with Crippen molar-refractivity contribution in [1.29, 1.82) is 0 Å². The van der Waals surface area contributed by atoms with Crippen LogP contribution in [-0.4, -0.2) is 25.5 Å². The van der Waals surface area contributed by atoms with E-state index in [0.29, 0.717) is 19.1 Å². The van der Waals surface area contributed by atoms with Gasteiger partial charge >= 0.3 is 0 Å². The maximum atomic E-state index is 11.7. The number of benzene rings is 1. The lowest BCUT2D eigenvalue weighted by molar-refractivity contribution is -0.119. The fourth-order valence-electron chi connectivity index (χ4n) is 1.79. The van der Waals surface area contributed by atoms with Crippen molar-refractivity contribution in [3.05, 3.63) is 28.2 Å². The molecule has 1 aromatic carbocycles. The van der Waals surface area contributed by atoms with Crippen LogP contribution in [0.15, 0.2) is 22.7 Å². The minimum absolute atomic E-state index is 0.0785. The second-order valence-electron chi connectivity index (χ2n) is 4.69. The molecule has 0 saturated heterocycles. The Labute approximate surface area is 116 Å². The second kappa shape index (κ2) is 5.71. The van der Waals surface area contributed by atoms with E-state index in [4.69, 9.17) is 5.73 Å². The van der Waals surface area contributed by atoms with E-state index in [0.717, 1.165) is 28.6 Å². The average Bonchev–Trinajstić information content (AvgIpc) is 3.12. The molecule has 0 atom stereocenters. The third-order valence-electron chi connectivity index (χ3n) is 2.98. The zero-order chi connectivity index (χ0) is 13.1. The highest BCUT2D eigenvalue weighted by Gasteiger charge is 2.23. The first-order valence-corrected chi connectivity index (χ1v) is 6.88. The molecule has 5 heteroatoms. The van der Waals surface area contributed by atoms with Gasteiger partial charge in [0.15, 0.2) is 0 Å². The summed E-state index contributed by atoms with van der Waals surface area (Å²) in [6, 6.07) is 6.37. The summed E-state index contributed by atoms with van der Waals surface area (Å²) in [5.74, 6) is 0.0785. The largest absolute Gasteiger partial charge is 0.364 e. The van der Waals surface area contributed by atoms with Gasteiger partial charge < -0.3 is 16.0 Å². The second-order valence-corrected chi connectivity index (χ2v) is 5.54. The monoisotopic (exact) mass is 311 g/mol. The molecule has 0 aliphatic heterocycles. The van der Waals surface area contributed by atoms with Crippen LogP contribution in [-0.2, 0) is 11.3 Å². The normalized spacial score (nSPS) is 14.4. The van der Waals surface area contributed by atoms with E-state index >= 15 is 0 Å². The number of nitrogens with zero attached hydrogens (tertiary/aromatic N) is 1. The molecule has 98 valence electrons. The molecule has 2 rings (SSSR count). The van der Waals surface area contributed by atoms with E-state index < -0.39 is 0 Å². The van der Waals surface area contributed by atoms with Crippen LogP contribution in [0.5, 0.6) is 0 Å². The van der Waals surface area contributed by atoms with Gasteiger partial charge in [-0.15, -0.1) is 0 Å². The summed E-state index contributed by atoms with van der Waals surface area (Å²) < 4.78 is 0.965. The molecule has 1 fully saturated rings. The van der Waals surface area contributed by atoms with E-state index in [1.165, 1.54) is 0 Å². The van der Waals surface area contributed by atoms with Crippen LogP contribution in [0.25, 0.3) is 0 Å². The molecule has 3 N–H and O–H groups in total. The minimum Gasteiger partial charge on any atom is -0.364 e. The number of hydrogen-bond donors (Lipinski definition) is 2. The molecule has 1 saturated carbocycles. The molecule has 1 aromatic rings. The quantitative estimate of drug-likeness (QED) is 0.869. The third-order valence-corrected chi connectivity index (χ3v) is 3.62. The van der Waals surface area contributed by atoms with Gasteiger partial charge in [0.25, 0.3) is 0 Å². The van der Waals surface area contributed by atoms with Crippen LogP contribution in [0.3, 0.4) is 0 Å². The number of nitrogens with two attached hydrogens (primary N) is 1. The Morgan fingerprint density at radius 3 is 2.83 bits per heavy atom. The van der Waals surface area contributed by atoms with Crippen molar-refractivity contribution in [3.63, 3.8) is 0 Å². The van der Waals surface area contributed by atoms with Crippen molar-refractivity contribution in [2.24, 2.45) is 5.73 Å². The maximum Gasteiger partial charge on any atom is 0.239 e. The SMILES string of the molecule is CN(CC(=O)NC1CC1)c1ccc(CN)cc1Br. The molecule has 1 amide bonds. The Bertz CT molecular complexity index is 446. The van der Waals surface area contributed by atoms with Crippen molar-refractivity contribution in [2.75, 3.05) is 18.5 Å². The highest BCUT2D eigenvalue weighted by Crippen LogP contribution is 2.26. The minimum atomic E-state index is 0.0785. The summed E-state index contributed by atoms with van der Waals surface area (Å²) >= 11 is 3.51. The molecule has 0 heterocycles. The molecule has 1 aliphatic carbocycles. The molecule has 0 spiro atoms. The third kappa shape index (κ3) is 3.46. The number of carbonyl (C=O) groups excluding carboxylic acids is 1. The molecule has 0 bridgehead atoms. The molecular weight excluding hydrogens is 294 g/mol. The summed E-state index contributed by atoms with van der Waals surface area (Å²) in [5.41, 5.74) is 7.66. The maximum absolute atomic E-state index is 11.7. The van der Waals surface area contributed by atoms with Crippen LogP contribution in [0.1, 0.15) is 18.4 Å². The first-order valence-electron chi connectivity index (χ1n) is 6.09. The van der Waals surface area contributed by atoms with Crippen LogP contribution in [0, 0.1) is 0 Å². The van der Waals surface area contributed by atoms with E-state index in [-0.39, 0.29) is 5.91 Å². The van der Waals surface area contributed by atoms with Gasteiger partial charge in [0, 0.05) is 24.1 Å². The predicted molar refractivity (Wildman–Crippen MR) is 76.5 cm³/mol. The van der Waals surface area contributed by atoms with Crippen LogP contribution in [0.4, 0.5) is 5.69 Å². The Hall–Kier alpha value is -1.07. The van der Waals surface area contributed by atoms with Crippen LogP contribution >= 0.6 is 15.9 Å². The lowest BCUT2D eigenvalue weighted by atomic mass is 10.2. The molecule has 18 heavy (non-hydrogen) atoms. The Morgan fingerprint density at radius 1 is 1.56 bits per heavy atom. The van der Waals surface area contributed by atoms with Crippen LogP contribution < -0.4 is 16.0 Å². The van der Waals surface area contributed by atoms with Crippen molar-refractivity contribution < 1.29 is 4.79 Å². The first kappa shape index (κ1) is 13.4. The van der Waals surface area contributed by atoms with Gasteiger partial charge in [0.05, 0.1) is 12.2 Å². The van der Waals surface area contributed by atoms with E-state index in [9.17, 15) is 4.79 Å². The summed E-state index contributed by atoms with van der Waals surface area (Å²) in [7, 11) is 1.91.